The Hall–Kier alpha value is -1.67. The fraction of sp³-hybridized carbons (Fsp3) is 0.333. The minimum absolute atomic E-state index is 0.228. The summed E-state index contributed by atoms with van der Waals surface area (Å²) in [6.07, 6.45) is 2.99. The molecule has 2 aromatic rings. The van der Waals surface area contributed by atoms with Gasteiger partial charge in [0.05, 0.1) is 0 Å². The summed E-state index contributed by atoms with van der Waals surface area (Å²) in [5.41, 5.74) is 3.54. The van der Waals surface area contributed by atoms with Gasteiger partial charge in [0.2, 0.25) is 0 Å². The normalized spacial score (nSPS) is 16.8. The van der Waals surface area contributed by atoms with E-state index in [2.05, 4.69) is 6.07 Å². The molecule has 2 aromatic carbocycles. The minimum Gasteiger partial charge on any atom is -0.384 e. The van der Waals surface area contributed by atoms with Crippen LogP contribution < -0.4 is 0 Å². The molecule has 20 heavy (non-hydrogen) atoms. The quantitative estimate of drug-likeness (QED) is 0.871. The monoisotopic (exact) mass is 270 g/mol. The Bertz CT molecular complexity index is 617. The van der Waals surface area contributed by atoms with Crippen LogP contribution in [0.25, 0.3) is 0 Å². The molecule has 0 aliphatic heterocycles. The van der Waals surface area contributed by atoms with E-state index in [0.29, 0.717) is 11.5 Å². The maximum atomic E-state index is 13.4. The predicted molar refractivity (Wildman–Crippen MR) is 78.2 cm³/mol. The van der Waals surface area contributed by atoms with Crippen LogP contribution in [0.5, 0.6) is 0 Å². The molecule has 1 aliphatic carbocycles. The number of rotatable bonds is 3. The van der Waals surface area contributed by atoms with Crippen LogP contribution in [0.3, 0.4) is 0 Å². The lowest BCUT2D eigenvalue weighted by Gasteiger charge is -2.29. The van der Waals surface area contributed by atoms with Crippen LogP contribution in [-0.2, 0) is 0 Å². The summed E-state index contributed by atoms with van der Waals surface area (Å²) >= 11 is 0. The molecule has 0 amide bonds. The van der Waals surface area contributed by atoms with E-state index in [9.17, 15) is 9.50 Å². The van der Waals surface area contributed by atoms with Gasteiger partial charge in [-0.25, -0.2) is 4.39 Å². The number of hydrogen-bond donors (Lipinski definition) is 1. The number of aryl methyl sites for hydroxylation is 1. The zero-order chi connectivity index (χ0) is 14.1. The number of halogens is 1. The molecule has 0 saturated heterocycles. The van der Waals surface area contributed by atoms with Crippen molar-refractivity contribution in [3.05, 3.63) is 70.5 Å². The second kappa shape index (κ2) is 5.37. The summed E-state index contributed by atoms with van der Waals surface area (Å²) in [4.78, 5) is 0. The third-order valence-corrected chi connectivity index (χ3v) is 4.33. The van der Waals surface area contributed by atoms with Gasteiger partial charge in [0, 0.05) is 0 Å². The van der Waals surface area contributed by atoms with E-state index < -0.39 is 6.10 Å². The highest BCUT2D eigenvalue weighted by Gasteiger charge is 2.24. The summed E-state index contributed by atoms with van der Waals surface area (Å²) in [7, 11) is 0. The van der Waals surface area contributed by atoms with Crippen LogP contribution in [0.1, 0.15) is 53.5 Å². The number of aliphatic hydroxyl groups excluding tert-OH is 1. The highest BCUT2D eigenvalue weighted by atomic mass is 19.1. The van der Waals surface area contributed by atoms with E-state index in [1.165, 1.54) is 30.9 Å². The molecular formula is C18H19FO. The maximum absolute atomic E-state index is 13.4. The second-order valence-electron chi connectivity index (χ2n) is 5.67. The van der Waals surface area contributed by atoms with Crippen LogP contribution in [0, 0.1) is 12.7 Å². The number of benzene rings is 2. The van der Waals surface area contributed by atoms with Crippen LogP contribution >= 0.6 is 0 Å². The molecule has 0 heterocycles. The lowest BCUT2D eigenvalue weighted by atomic mass is 9.77. The van der Waals surface area contributed by atoms with Crippen molar-refractivity contribution in [2.45, 2.75) is 38.2 Å². The van der Waals surface area contributed by atoms with Gasteiger partial charge in [-0.1, -0.05) is 42.8 Å². The van der Waals surface area contributed by atoms with Crippen molar-refractivity contribution in [1.82, 2.24) is 0 Å². The molecule has 0 aromatic heterocycles. The van der Waals surface area contributed by atoms with Crippen molar-refractivity contribution in [2.24, 2.45) is 0 Å². The molecule has 0 spiro atoms. The molecule has 1 aliphatic rings. The van der Waals surface area contributed by atoms with E-state index >= 15 is 0 Å². The fourth-order valence-electron chi connectivity index (χ4n) is 2.87. The summed E-state index contributed by atoms with van der Waals surface area (Å²) < 4.78 is 13.4. The summed E-state index contributed by atoms with van der Waals surface area (Å²) in [6, 6.07) is 12.9. The Kier molecular flexibility index (Phi) is 3.58. The molecule has 1 unspecified atom stereocenters. The number of aliphatic hydroxyl groups is 1. The molecule has 1 fully saturated rings. The van der Waals surface area contributed by atoms with Crippen molar-refractivity contribution < 1.29 is 9.50 Å². The zero-order valence-corrected chi connectivity index (χ0v) is 11.6. The molecule has 1 saturated carbocycles. The van der Waals surface area contributed by atoms with Gasteiger partial charge in [0.25, 0.3) is 0 Å². The zero-order valence-electron chi connectivity index (χ0n) is 11.6. The molecule has 0 radical (unpaired) electrons. The Morgan fingerprint density at radius 3 is 2.55 bits per heavy atom. The molecule has 1 atom stereocenters. The first-order valence-electron chi connectivity index (χ1n) is 7.20. The van der Waals surface area contributed by atoms with Gasteiger partial charge >= 0.3 is 0 Å². The minimum atomic E-state index is -0.675. The van der Waals surface area contributed by atoms with Crippen molar-refractivity contribution in [3.8, 4) is 0 Å². The standard InChI is InChI=1S/C18H19FO/c1-12-11-14(9-10-17(12)19)18(20)16-8-3-2-7-15(16)13-5-4-6-13/h2-3,7-11,13,18,20H,4-6H2,1H3. The van der Waals surface area contributed by atoms with Gasteiger partial charge in [0.15, 0.2) is 0 Å². The van der Waals surface area contributed by atoms with E-state index in [1.807, 2.05) is 18.2 Å². The van der Waals surface area contributed by atoms with Crippen LogP contribution in [0.4, 0.5) is 4.39 Å². The maximum Gasteiger partial charge on any atom is 0.126 e. The molecule has 0 bridgehead atoms. The highest BCUT2D eigenvalue weighted by molar-refractivity contribution is 5.39. The van der Waals surface area contributed by atoms with E-state index in [0.717, 1.165) is 11.1 Å². The van der Waals surface area contributed by atoms with Crippen LogP contribution in [0.15, 0.2) is 42.5 Å². The Morgan fingerprint density at radius 1 is 1.15 bits per heavy atom. The first-order chi connectivity index (χ1) is 9.66. The van der Waals surface area contributed by atoms with Gasteiger partial charge in [-0.2, -0.15) is 0 Å². The lowest BCUT2D eigenvalue weighted by molar-refractivity contribution is 0.217. The number of hydrogen-bond acceptors (Lipinski definition) is 1. The van der Waals surface area contributed by atoms with Crippen LogP contribution in [0.2, 0.25) is 0 Å². The first kappa shape index (κ1) is 13.3. The summed E-state index contributed by atoms with van der Waals surface area (Å²) in [5, 5.41) is 10.6. The van der Waals surface area contributed by atoms with Crippen LogP contribution in [-0.4, -0.2) is 5.11 Å². The van der Waals surface area contributed by atoms with E-state index in [-0.39, 0.29) is 5.82 Å². The third-order valence-electron chi connectivity index (χ3n) is 4.33. The Labute approximate surface area is 119 Å². The molecular weight excluding hydrogens is 251 g/mol. The van der Waals surface area contributed by atoms with Crippen molar-refractivity contribution in [1.29, 1.82) is 0 Å². The molecule has 3 rings (SSSR count). The fourth-order valence-corrected chi connectivity index (χ4v) is 2.87. The van der Waals surface area contributed by atoms with Gasteiger partial charge in [-0.3, -0.25) is 0 Å². The highest BCUT2D eigenvalue weighted by Crippen LogP contribution is 2.40. The smallest absolute Gasteiger partial charge is 0.126 e. The second-order valence-corrected chi connectivity index (χ2v) is 5.67. The third kappa shape index (κ3) is 2.36. The first-order valence-corrected chi connectivity index (χ1v) is 7.20. The lowest BCUT2D eigenvalue weighted by Crippen LogP contribution is -2.13. The van der Waals surface area contributed by atoms with Gasteiger partial charge in [-0.15, -0.1) is 0 Å². The summed E-state index contributed by atoms with van der Waals surface area (Å²) in [5.74, 6) is 0.343. The molecule has 2 heteroatoms. The predicted octanol–water partition coefficient (Wildman–Crippen LogP) is 4.48. The average Bonchev–Trinajstić information content (AvgIpc) is 2.40. The van der Waals surface area contributed by atoms with E-state index in [4.69, 9.17) is 0 Å². The van der Waals surface area contributed by atoms with Crippen molar-refractivity contribution >= 4 is 0 Å². The molecule has 1 N–H and O–H groups in total. The van der Waals surface area contributed by atoms with Gasteiger partial charge < -0.3 is 5.11 Å². The van der Waals surface area contributed by atoms with E-state index in [1.54, 1.807) is 19.1 Å². The average molecular weight is 270 g/mol. The summed E-state index contributed by atoms with van der Waals surface area (Å²) in [6.45, 7) is 1.73. The Morgan fingerprint density at radius 2 is 1.90 bits per heavy atom. The van der Waals surface area contributed by atoms with Crippen molar-refractivity contribution in [2.75, 3.05) is 0 Å². The molecule has 104 valence electrons. The topological polar surface area (TPSA) is 20.2 Å². The molecule has 1 nitrogen and oxygen atoms in total. The Balaban J connectivity index is 1.97. The van der Waals surface area contributed by atoms with Crippen molar-refractivity contribution in [3.63, 3.8) is 0 Å². The van der Waals surface area contributed by atoms with Gasteiger partial charge in [-0.05, 0) is 54.0 Å². The SMILES string of the molecule is Cc1cc(C(O)c2ccccc2C2CCC2)ccc1F. The van der Waals surface area contributed by atoms with Gasteiger partial charge in [0.1, 0.15) is 11.9 Å². The largest absolute Gasteiger partial charge is 0.384 e.